The first-order chi connectivity index (χ1) is 5.65. The van der Waals surface area contributed by atoms with Gasteiger partial charge in [-0.15, -0.1) is 0 Å². The summed E-state index contributed by atoms with van der Waals surface area (Å²) in [7, 11) is 0. The quantitative estimate of drug-likeness (QED) is 0.690. The molecule has 0 fully saturated rings. The second-order valence-corrected chi connectivity index (χ2v) is 3.57. The summed E-state index contributed by atoms with van der Waals surface area (Å²) < 4.78 is 5.34. The highest BCUT2D eigenvalue weighted by atomic mass is 16.3. The molecule has 0 amide bonds. The molecule has 0 aromatic carbocycles. The normalized spacial score (nSPS) is 13.8. The van der Waals surface area contributed by atoms with Crippen LogP contribution in [0.15, 0.2) is 10.7 Å². The Kier molecular flexibility index (Phi) is 2.90. The van der Waals surface area contributed by atoms with Gasteiger partial charge in [-0.3, -0.25) is 0 Å². The summed E-state index contributed by atoms with van der Waals surface area (Å²) >= 11 is 0. The smallest absolute Gasteiger partial charge is 0.196 e. The van der Waals surface area contributed by atoms with E-state index >= 15 is 0 Å². The standard InChI is InChI=1S/C10H17NO/c1-5-8(4)9-6-12-10(11-9)7(2)3/h6-8H,5H2,1-4H3. The van der Waals surface area contributed by atoms with Crippen molar-refractivity contribution in [3.63, 3.8) is 0 Å². The van der Waals surface area contributed by atoms with Crippen LogP contribution in [0.2, 0.25) is 0 Å². The summed E-state index contributed by atoms with van der Waals surface area (Å²) in [6, 6.07) is 0. The Bertz CT molecular complexity index is 240. The van der Waals surface area contributed by atoms with Gasteiger partial charge in [-0.05, 0) is 6.42 Å². The topological polar surface area (TPSA) is 26.0 Å². The number of rotatable bonds is 3. The lowest BCUT2D eigenvalue weighted by atomic mass is 10.1. The van der Waals surface area contributed by atoms with Gasteiger partial charge in [0, 0.05) is 11.8 Å². The molecule has 0 N–H and O–H groups in total. The minimum absolute atomic E-state index is 0.391. The molecule has 0 aliphatic rings. The molecule has 0 bridgehead atoms. The lowest BCUT2D eigenvalue weighted by Gasteiger charge is -2.01. The Hall–Kier alpha value is -0.790. The Morgan fingerprint density at radius 2 is 2.08 bits per heavy atom. The molecule has 1 aromatic heterocycles. The van der Waals surface area contributed by atoms with E-state index in [9.17, 15) is 0 Å². The molecule has 1 atom stereocenters. The maximum absolute atomic E-state index is 5.34. The van der Waals surface area contributed by atoms with Crippen molar-refractivity contribution in [2.45, 2.75) is 46.0 Å². The second kappa shape index (κ2) is 3.74. The van der Waals surface area contributed by atoms with Gasteiger partial charge in [0.25, 0.3) is 0 Å². The summed E-state index contributed by atoms with van der Waals surface area (Å²) in [5, 5.41) is 0. The van der Waals surface area contributed by atoms with Crippen molar-refractivity contribution in [1.29, 1.82) is 0 Å². The first-order valence-corrected chi connectivity index (χ1v) is 4.60. The molecule has 0 saturated heterocycles. The Morgan fingerprint density at radius 1 is 1.42 bits per heavy atom. The van der Waals surface area contributed by atoms with E-state index in [4.69, 9.17) is 4.42 Å². The number of oxazole rings is 1. The zero-order valence-electron chi connectivity index (χ0n) is 8.29. The average Bonchev–Trinajstić information content (AvgIpc) is 2.51. The van der Waals surface area contributed by atoms with E-state index in [1.54, 1.807) is 6.26 Å². The van der Waals surface area contributed by atoms with Crippen LogP contribution in [-0.2, 0) is 0 Å². The van der Waals surface area contributed by atoms with E-state index in [2.05, 4.69) is 32.7 Å². The zero-order valence-corrected chi connectivity index (χ0v) is 8.29. The van der Waals surface area contributed by atoms with Crippen LogP contribution in [0.25, 0.3) is 0 Å². The van der Waals surface area contributed by atoms with Crippen molar-refractivity contribution in [1.82, 2.24) is 4.98 Å². The highest BCUT2D eigenvalue weighted by Crippen LogP contribution is 2.20. The minimum atomic E-state index is 0.391. The summed E-state index contributed by atoms with van der Waals surface area (Å²) in [5.74, 6) is 1.76. The molecule has 0 spiro atoms. The summed E-state index contributed by atoms with van der Waals surface area (Å²) in [6.07, 6.45) is 2.90. The average molecular weight is 167 g/mol. The predicted octanol–water partition coefficient (Wildman–Crippen LogP) is 3.31. The number of hydrogen-bond donors (Lipinski definition) is 0. The van der Waals surface area contributed by atoms with E-state index in [1.165, 1.54) is 0 Å². The van der Waals surface area contributed by atoms with Crippen LogP contribution in [0.1, 0.15) is 57.5 Å². The third kappa shape index (κ3) is 1.87. The first-order valence-electron chi connectivity index (χ1n) is 4.60. The highest BCUT2D eigenvalue weighted by molar-refractivity contribution is 5.04. The van der Waals surface area contributed by atoms with Crippen LogP contribution in [0.5, 0.6) is 0 Å². The molecule has 1 heterocycles. The number of nitrogens with zero attached hydrogens (tertiary/aromatic N) is 1. The molecule has 0 aliphatic heterocycles. The van der Waals surface area contributed by atoms with Crippen LogP contribution in [0.4, 0.5) is 0 Å². The van der Waals surface area contributed by atoms with Gasteiger partial charge in [-0.2, -0.15) is 0 Å². The van der Waals surface area contributed by atoms with Crippen LogP contribution in [0, 0.1) is 0 Å². The second-order valence-electron chi connectivity index (χ2n) is 3.57. The van der Waals surface area contributed by atoms with E-state index < -0.39 is 0 Å². The summed E-state index contributed by atoms with van der Waals surface area (Å²) in [4.78, 5) is 4.41. The third-order valence-corrected chi connectivity index (χ3v) is 2.15. The first kappa shape index (κ1) is 9.30. The fourth-order valence-electron chi connectivity index (χ4n) is 1.00. The van der Waals surface area contributed by atoms with Crippen LogP contribution in [-0.4, -0.2) is 4.98 Å². The molecule has 1 rings (SSSR count). The zero-order chi connectivity index (χ0) is 9.14. The van der Waals surface area contributed by atoms with Crippen molar-refractivity contribution in [3.05, 3.63) is 17.8 Å². The molecule has 2 nitrogen and oxygen atoms in total. The molecule has 2 heteroatoms. The monoisotopic (exact) mass is 167 g/mol. The van der Waals surface area contributed by atoms with Crippen molar-refractivity contribution < 1.29 is 4.42 Å². The van der Waals surface area contributed by atoms with Gasteiger partial charge in [0.05, 0.1) is 5.69 Å². The predicted molar refractivity (Wildman–Crippen MR) is 49.3 cm³/mol. The van der Waals surface area contributed by atoms with Crippen LogP contribution in [0.3, 0.4) is 0 Å². The Morgan fingerprint density at radius 3 is 2.50 bits per heavy atom. The molecule has 1 aromatic rings. The third-order valence-electron chi connectivity index (χ3n) is 2.15. The molecule has 0 radical (unpaired) electrons. The van der Waals surface area contributed by atoms with Gasteiger partial charge in [0.1, 0.15) is 6.26 Å². The number of hydrogen-bond acceptors (Lipinski definition) is 2. The summed E-state index contributed by atoms with van der Waals surface area (Å²) in [5.41, 5.74) is 1.08. The van der Waals surface area contributed by atoms with E-state index in [-0.39, 0.29) is 0 Å². The van der Waals surface area contributed by atoms with Gasteiger partial charge in [-0.25, -0.2) is 4.98 Å². The number of aromatic nitrogens is 1. The van der Waals surface area contributed by atoms with E-state index in [1.807, 2.05) is 0 Å². The Labute approximate surface area is 74.0 Å². The van der Waals surface area contributed by atoms with Crippen molar-refractivity contribution in [3.8, 4) is 0 Å². The van der Waals surface area contributed by atoms with Gasteiger partial charge in [0.2, 0.25) is 0 Å². The molecular weight excluding hydrogens is 150 g/mol. The molecular formula is C10H17NO. The SMILES string of the molecule is CCC(C)c1coc(C(C)C)n1. The fourth-order valence-corrected chi connectivity index (χ4v) is 1.00. The van der Waals surface area contributed by atoms with Crippen molar-refractivity contribution in [2.75, 3.05) is 0 Å². The molecule has 12 heavy (non-hydrogen) atoms. The van der Waals surface area contributed by atoms with Gasteiger partial charge in [-0.1, -0.05) is 27.7 Å². The lowest BCUT2D eigenvalue weighted by molar-refractivity contribution is 0.470. The van der Waals surface area contributed by atoms with Crippen LogP contribution >= 0.6 is 0 Å². The van der Waals surface area contributed by atoms with E-state index in [0.717, 1.165) is 18.0 Å². The summed E-state index contributed by atoms with van der Waals surface area (Å²) in [6.45, 7) is 8.51. The van der Waals surface area contributed by atoms with Gasteiger partial charge < -0.3 is 4.42 Å². The highest BCUT2D eigenvalue weighted by Gasteiger charge is 2.11. The van der Waals surface area contributed by atoms with Crippen molar-refractivity contribution in [2.24, 2.45) is 0 Å². The van der Waals surface area contributed by atoms with Gasteiger partial charge >= 0.3 is 0 Å². The largest absolute Gasteiger partial charge is 0.448 e. The molecule has 0 saturated carbocycles. The maximum atomic E-state index is 5.34. The molecule has 0 aliphatic carbocycles. The fraction of sp³-hybridized carbons (Fsp3) is 0.700. The minimum Gasteiger partial charge on any atom is -0.448 e. The molecule has 68 valence electrons. The van der Waals surface area contributed by atoms with Crippen molar-refractivity contribution >= 4 is 0 Å². The molecule has 1 unspecified atom stereocenters. The van der Waals surface area contributed by atoms with Gasteiger partial charge in [0.15, 0.2) is 5.89 Å². The Balaban J connectivity index is 2.77. The van der Waals surface area contributed by atoms with E-state index in [0.29, 0.717) is 11.8 Å². The van der Waals surface area contributed by atoms with Crippen LogP contribution < -0.4 is 0 Å². The maximum Gasteiger partial charge on any atom is 0.196 e. The lowest BCUT2D eigenvalue weighted by Crippen LogP contribution is -1.93.